The summed E-state index contributed by atoms with van der Waals surface area (Å²) in [6.07, 6.45) is 0. The van der Waals surface area contributed by atoms with Crippen molar-refractivity contribution in [3.8, 4) is 0 Å². The number of amides is 2. The molecule has 0 spiro atoms. The van der Waals surface area contributed by atoms with Crippen molar-refractivity contribution >= 4 is 17.7 Å². The largest absolute Gasteiger partial charge is 0.466 e. The number of esters is 1. The lowest BCUT2D eigenvalue weighted by Crippen LogP contribution is -2.50. The number of rotatable bonds is 4. The highest BCUT2D eigenvalue weighted by atomic mass is 16.6. The predicted octanol–water partition coefficient (Wildman–Crippen LogP) is 2.52. The van der Waals surface area contributed by atoms with Crippen LogP contribution in [0.3, 0.4) is 0 Å². The average Bonchev–Trinajstić information content (AvgIpc) is 2.53. The van der Waals surface area contributed by atoms with E-state index < -0.39 is 16.9 Å². The van der Waals surface area contributed by atoms with Crippen molar-refractivity contribution in [2.75, 3.05) is 7.11 Å². The van der Waals surface area contributed by atoms with Crippen molar-refractivity contribution in [1.29, 1.82) is 0 Å². The van der Waals surface area contributed by atoms with Crippen LogP contribution in [-0.2, 0) is 9.53 Å². The number of ether oxygens (including phenoxy) is 1. The number of non-ortho nitro benzene ring substituents is 1. The first-order valence-electron chi connectivity index (χ1n) is 7.41. The number of allylic oxidation sites excluding steroid dienone is 1. The molecule has 1 aromatic rings. The normalized spacial score (nSPS) is 17.8. The summed E-state index contributed by atoms with van der Waals surface area (Å²) in [6.45, 7) is 5.31. The first kappa shape index (κ1) is 17.5. The second-order valence-corrected chi connectivity index (χ2v) is 5.69. The molecule has 0 fully saturated rings. The second kappa shape index (κ2) is 6.69. The van der Waals surface area contributed by atoms with E-state index in [-0.39, 0.29) is 23.3 Å². The van der Waals surface area contributed by atoms with E-state index in [1.54, 1.807) is 13.0 Å². The fourth-order valence-corrected chi connectivity index (χ4v) is 2.82. The third-order valence-electron chi connectivity index (χ3n) is 3.86. The Morgan fingerprint density at radius 3 is 2.62 bits per heavy atom. The molecule has 0 bridgehead atoms. The van der Waals surface area contributed by atoms with E-state index in [0.717, 1.165) is 0 Å². The summed E-state index contributed by atoms with van der Waals surface area (Å²) in [5, 5.41) is 13.7. The van der Waals surface area contributed by atoms with Crippen molar-refractivity contribution in [3.05, 3.63) is 51.2 Å². The molecule has 1 N–H and O–H groups in total. The number of nitro benzene ring substituents is 1. The van der Waals surface area contributed by atoms with Crippen LogP contribution in [0.5, 0.6) is 0 Å². The molecule has 1 heterocycles. The standard InChI is InChI=1S/C16H19N3O5/c1-9(2)18-10(3)13(15(20)24-4)14(17-16(18)21)11-6-5-7-12(8-11)19(22)23/h5-9,14H,1-4H3,(H,17,21)/t14-/m0/s1. The van der Waals surface area contributed by atoms with E-state index in [1.807, 2.05) is 13.8 Å². The van der Waals surface area contributed by atoms with Gasteiger partial charge in [-0.05, 0) is 26.3 Å². The van der Waals surface area contributed by atoms with Gasteiger partial charge in [-0.2, -0.15) is 0 Å². The van der Waals surface area contributed by atoms with Gasteiger partial charge in [-0.1, -0.05) is 12.1 Å². The van der Waals surface area contributed by atoms with Gasteiger partial charge in [-0.25, -0.2) is 9.59 Å². The van der Waals surface area contributed by atoms with Gasteiger partial charge in [0.05, 0.1) is 23.6 Å². The van der Waals surface area contributed by atoms with Crippen LogP contribution in [0.1, 0.15) is 32.4 Å². The van der Waals surface area contributed by atoms with E-state index >= 15 is 0 Å². The Balaban J connectivity index is 2.60. The maximum Gasteiger partial charge on any atom is 0.337 e. The highest BCUT2D eigenvalue weighted by Crippen LogP contribution is 2.33. The molecule has 128 valence electrons. The second-order valence-electron chi connectivity index (χ2n) is 5.69. The van der Waals surface area contributed by atoms with Crippen LogP contribution in [0.15, 0.2) is 35.5 Å². The zero-order chi connectivity index (χ0) is 18.0. The number of hydrogen-bond donors (Lipinski definition) is 1. The summed E-state index contributed by atoms with van der Waals surface area (Å²) in [5.74, 6) is -0.588. The summed E-state index contributed by atoms with van der Waals surface area (Å²) < 4.78 is 4.84. The van der Waals surface area contributed by atoms with Gasteiger partial charge in [0.1, 0.15) is 0 Å². The summed E-state index contributed by atoms with van der Waals surface area (Å²) in [5.41, 5.74) is 1.05. The van der Waals surface area contributed by atoms with Crippen LogP contribution in [0, 0.1) is 10.1 Å². The molecular formula is C16H19N3O5. The number of nitro groups is 1. The van der Waals surface area contributed by atoms with Crippen molar-refractivity contribution < 1.29 is 19.2 Å². The van der Waals surface area contributed by atoms with Crippen LogP contribution in [0.25, 0.3) is 0 Å². The molecule has 8 heteroatoms. The van der Waals surface area contributed by atoms with E-state index in [9.17, 15) is 19.7 Å². The van der Waals surface area contributed by atoms with Crippen LogP contribution in [-0.4, -0.2) is 35.0 Å². The number of nitrogens with one attached hydrogen (secondary N) is 1. The molecule has 0 saturated carbocycles. The first-order chi connectivity index (χ1) is 11.3. The quantitative estimate of drug-likeness (QED) is 0.518. The molecule has 1 atom stereocenters. The van der Waals surface area contributed by atoms with Gasteiger partial charge in [0.25, 0.3) is 5.69 Å². The maximum atomic E-state index is 12.4. The highest BCUT2D eigenvalue weighted by molar-refractivity contribution is 5.95. The topological polar surface area (TPSA) is 102 Å². The Hall–Kier alpha value is -2.90. The van der Waals surface area contributed by atoms with Crippen LogP contribution >= 0.6 is 0 Å². The fourth-order valence-electron chi connectivity index (χ4n) is 2.82. The van der Waals surface area contributed by atoms with Crippen LogP contribution in [0.2, 0.25) is 0 Å². The minimum atomic E-state index is -0.806. The number of benzene rings is 1. The van der Waals surface area contributed by atoms with Gasteiger partial charge in [-0.15, -0.1) is 0 Å². The Bertz CT molecular complexity index is 726. The molecule has 24 heavy (non-hydrogen) atoms. The molecule has 0 aromatic heterocycles. The molecule has 0 saturated heterocycles. The first-order valence-corrected chi connectivity index (χ1v) is 7.41. The molecule has 2 amide bonds. The number of carbonyl (C=O) groups excluding carboxylic acids is 2. The van der Waals surface area contributed by atoms with E-state index in [1.165, 1.54) is 30.2 Å². The van der Waals surface area contributed by atoms with Gasteiger partial charge in [-0.3, -0.25) is 15.0 Å². The summed E-state index contributed by atoms with van der Waals surface area (Å²) in [7, 11) is 1.25. The fraction of sp³-hybridized carbons (Fsp3) is 0.375. The molecule has 1 aromatic carbocycles. The number of hydrogen-bond acceptors (Lipinski definition) is 5. The van der Waals surface area contributed by atoms with E-state index in [0.29, 0.717) is 11.3 Å². The SMILES string of the molecule is COC(=O)C1=C(C)N(C(C)C)C(=O)N[C@H]1c1cccc([N+](=O)[O-])c1. The lowest BCUT2D eigenvalue weighted by molar-refractivity contribution is -0.384. The lowest BCUT2D eigenvalue weighted by Gasteiger charge is -2.37. The molecule has 1 aliphatic rings. The molecule has 0 aliphatic carbocycles. The van der Waals surface area contributed by atoms with Crippen molar-refractivity contribution in [1.82, 2.24) is 10.2 Å². The zero-order valence-corrected chi connectivity index (χ0v) is 13.9. The molecule has 0 unspecified atom stereocenters. The third kappa shape index (κ3) is 3.08. The van der Waals surface area contributed by atoms with Gasteiger partial charge in [0, 0.05) is 23.9 Å². The number of methoxy groups -OCH3 is 1. The Kier molecular flexibility index (Phi) is 4.87. The minimum absolute atomic E-state index is 0.116. The highest BCUT2D eigenvalue weighted by Gasteiger charge is 2.37. The molecule has 8 nitrogen and oxygen atoms in total. The van der Waals surface area contributed by atoms with Crippen LogP contribution < -0.4 is 5.32 Å². The van der Waals surface area contributed by atoms with Gasteiger partial charge < -0.3 is 10.1 Å². The third-order valence-corrected chi connectivity index (χ3v) is 3.86. The Morgan fingerprint density at radius 1 is 1.42 bits per heavy atom. The predicted molar refractivity (Wildman–Crippen MR) is 86.1 cm³/mol. The van der Waals surface area contributed by atoms with E-state index in [4.69, 9.17) is 4.74 Å². The van der Waals surface area contributed by atoms with Gasteiger partial charge in [0.15, 0.2) is 0 Å². The number of carbonyl (C=O) groups is 2. The van der Waals surface area contributed by atoms with E-state index in [2.05, 4.69) is 5.32 Å². The number of nitrogens with zero attached hydrogens (tertiary/aromatic N) is 2. The number of urea groups is 1. The Labute approximate surface area is 139 Å². The van der Waals surface area contributed by atoms with Crippen LogP contribution in [0.4, 0.5) is 10.5 Å². The molecule has 2 rings (SSSR count). The maximum absolute atomic E-state index is 12.4. The average molecular weight is 333 g/mol. The van der Waals surface area contributed by atoms with Crippen molar-refractivity contribution in [2.24, 2.45) is 0 Å². The van der Waals surface area contributed by atoms with Crippen molar-refractivity contribution in [2.45, 2.75) is 32.9 Å². The van der Waals surface area contributed by atoms with Crippen molar-refractivity contribution in [3.63, 3.8) is 0 Å². The minimum Gasteiger partial charge on any atom is -0.466 e. The summed E-state index contributed by atoms with van der Waals surface area (Å²) in [4.78, 5) is 36.6. The summed E-state index contributed by atoms with van der Waals surface area (Å²) >= 11 is 0. The Morgan fingerprint density at radius 2 is 2.08 bits per heavy atom. The zero-order valence-electron chi connectivity index (χ0n) is 13.9. The smallest absolute Gasteiger partial charge is 0.337 e. The summed E-state index contributed by atoms with van der Waals surface area (Å²) in [6, 6.07) is 4.50. The molecular weight excluding hydrogens is 314 g/mol. The molecule has 0 radical (unpaired) electrons. The monoisotopic (exact) mass is 333 g/mol. The lowest BCUT2D eigenvalue weighted by atomic mass is 9.94. The molecule has 1 aliphatic heterocycles. The van der Waals surface area contributed by atoms with Gasteiger partial charge >= 0.3 is 12.0 Å². The van der Waals surface area contributed by atoms with Gasteiger partial charge in [0.2, 0.25) is 0 Å².